The molecule has 3 rings (SSSR count). The van der Waals surface area contributed by atoms with Crippen LogP contribution in [0.2, 0.25) is 0 Å². The largest absolute Gasteiger partial charge is 0.489 e. The minimum atomic E-state index is -0.642. The van der Waals surface area contributed by atoms with Crippen LogP contribution in [0.4, 0.5) is 5.69 Å². The fraction of sp³-hybridized carbons (Fsp3) is 0.300. The zero-order valence-corrected chi connectivity index (χ0v) is 15.6. The average Bonchev–Trinajstić information content (AvgIpc) is 2.71. The first-order chi connectivity index (χ1) is 13.6. The highest BCUT2D eigenvalue weighted by Crippen LogP contribution is 2.18. The predicted octanol–water partition coefficient (Wildman–Crippen LogP) is 1.29. The van der Waals surface area contributed by atoms with Crippen molar-refractivity contribution in [3.8, 4) is 5.75 Å². The molecule has 1 aromatic carbocycles. The number of carbonyl (C=O) groups excluding carboxylic acids is 3. The van der Waals surface area contributed by atoms with E-state index in [1.54, 1.807) is 36.7 Å². The number of nitrogens with zero attached hydrogens (tertiary/aromatic N) is 3. The van der Waals surface area contributed by atoms with E-state index in [0.29, 0.717) is 37.7 Å². The van der Waals surface area contributed by atoms with Crippen LogP contribution in [0.3, 0.4) is 0 Å². The Balaban J connectivity index is 1.54. The van der Waals surface area contributed by atoms with Crippen LogP contribution < -0.4 is 10.1 Å². The van der Waals surface area contributed by atoms with Crippen molar-refractivity contribution in [1.82, 2.24) is 14.8 Å². The van der Waals surface area contributed by atoms with E-state index in [9.17, 15) is 14.4 Å². The molecule has 0 radical (unpaired) electrons. The molecule has 1 N–H and O–H groups in total. The van der Waals surface area contributed by atoms with Crippen molar-refractivity contribution in [1.29, 1.82) is 0 Å². The third kappa shape index (κ3) is 4.85. The smallest absolute Gasteiger partial charge is 0.312 e. The molecule has 0 bridgehead atoms. The summed E-state index contributed by atoms with van der Waals surface area (Å²) >= 11 is 0. The molecular formula is C20H22N4O4. The van der Waals surface area contributed by atoms with E-state index in [4.69, 9.17) is 4.74 Å². The van der Waals surface area contributed by atoms with Gasteiger partial charge in [0.1, 0.15) is 18.9 Å². The molecule has 0 unspecified atom stereocenters. The molecule has 146 valence electrons. The number of likely N-dealkylation sites (N-methyl/N-ethyl adjacent to an activating group) is 1. The van der Waals surface area contributed by atoms with Crippen LogP contribution in [-0.4, -0.2) is 58.7 Å². The first kappa shape index (κ1) is 19.3. The number of piperazine rings is 1. The van der Waals surface area contributed by atoms with Crippen LogP contribution in [0, 0.1) is 0 Å². The second-order valence-corrected chi connectivity index (χ2v) is 6.34. The number of amides is 3. The van der Waals surface area contributed by atoms with Crippen molar-refractivity contribution in [3.63, 3.8) is 0 Å². The molecule has 1 saturated heterocycles. The molecule has 0 spiro atoms. The van der Waals surface area contributed by atoms with Gasteiger partial charge in [0.25, 0.3) is 0 Å². The summed E-state index contributed by atoms with van der Waals surface area (Å²) in [5.41, 5.74) is 1.49. The van der Waals surface area contributed by atoms with E-state index in [2.05, 4.69) is 10.3 Å². The van der Waals surface area contributed by atoms with Crippen LogP contribution in [0.25, 0.3) is 0 Å². The van der Waals surface area contributed by atoms with E-state index in [-0.39, 0.29) is 12.5 Å². The molecule has 0 aliphatic carbocycles. The molecule has 2 aromatic rings. The number of anilines is 1. The molecule has 3 amide bonds. The maximum Gasteiger partial charge on any atom is 0.312 e. The van der Waals surface area contributed by atoms with Gasteiger partial charge in [-0.25, -0.2) is 0 Å². The molecule has 1 aliphatic rings. The second kappa shape index (κ2) is 8.98. The molecule has 28 heavy (non-hydrogen) atoms. The highest BCUT2D eigenvalue weighted by Gasteiger charge is 2.32. The summed E-state index contributed by atoms with van der Waals surface area (Å²) in [7, 11) is 0. The van der Waals surface area contributed by atoms with Crippen LogP contribution in [0.1, 0.15) is 12.5 Å². The maximum atomic E-state index is 12.3. The SMILES string of the molecule is CCN1CCN(CC(=O)Nc2cccc(OCc3cccnc3)c2)C(=O)C1=O. The van der Waals surface area contributed by atoms with Crippen molar-refractivity contribution in [3.05, 3.63) is 54.4 Å². The summed E-state index contributed by atoms with van der Waals surface area (Å²) in [5.74, 6) is -0.968. The second-order valence-electron chi connectivity index (χ2n) is 6.34. The minimum absolute atomic E-state index is 0.164. The molecule has 8 nitrogen and oxygen atoms in total. The van der Waals surface area contributed by atoms with Gasteiger partial charge in [0, 0.05) is 49.3 Å². The summed E-state index contributed by atoms with van der Waals surface area (Å²) in [6.07, 6.45) is 3.42. The summed E-state index contributed by atoms with van der Waals surface area (Å²) in [6.45, 7) is 3.28. The normalized spacial score (nSPS) is 14.2. The molecule has 1 aromatic heterocycles. The van der Waals surface area contributed by atoms with Gasteiger partial charge < -0.3 is 19.9 Å². The molecule has 0 atom stereocenters. The van der Waals surface area contributed by atoms with Crippen molar-refractivity contribution < 1.29 is 19.1 Å². The average molecular weight is 382 g/mol. The van der Waals surface area contributed by atoms with Gasteiger partial charge in [-0.05, 0) is 25.1 Å². The Bertz CT molecular complexity index is 856. The van der Waals surface area contributed by atoms with E-state index >= 15 is 0 Å². The summed E-state index contributed by atoms with van der Waals surface area (Å²) in [4.78, 5) is 43.1. The maximum absolute atomic E-state index is 12.3. The van der Waals surface area contributed by atoms with Gasteiger partial charge in [0.05, 0.1) is 0 Å². The van der Waals surface area contributed by atoms with E-state index < -0.39 is 11.8 Å². The quantitative estimate of drug-likeness (QED) is 0.729. The number of ether oxygens (including phenoxy) is 1. The fourth-order valence-corrected chi connectivity index (χ4v) is 2.86. The zero-order valence-electron chi connectivity index (χ0n) is 15.6. The highest BCUT2D eigenvalue weighted by atomic mass is 16.5. The van der Waals surface area contributed by atoms with Gasteiger partial charge in [0.15, 0.2) is 0 Å². The van der Waals surface area contributed by atoms with Crippen molar-refractivity contribution in [2.45, 2.75) is 13.5 Å². The number of carbonyl (C=O) groups is 3. The lowest BCUT2D eigenvalue weighted by Crippen LogP contribution is -2.55. The monoisotopic (exact) mass is 382 g/mol. The van der Waals surface area contributed by atoms with Crippen LogP contribution in [-0.2, 0) is 21.0 Å². The molecular weight excluding hydrogens is 360 g/mol. The van der Waals surface area contributed by atoms with E-state index in [1.807, 2.05) is 19.1 Å². The van der Waals surface area contributed by atoms with Crippen molar-refractivity contribution in [2.75, 3.05) is 31.5 Å². The van der Waals surface area contributed by atoms with Gasteiger partial charge in [-0.15, -0.1) is 0 Å². The van der Waals surface area contributed by atoms with Crippen LogP contribution in [0.5, 0.6) is 5.75 Å². The standard InChI is InChI=1S/C20H22N4O4/c1-2-23-9-10-24(20(27)19(23)26)13-18(25)22-16-6-3-7-17(11-16)28-14-15-5-4-8-21-12-15/h3-8,11-12H,2,9-10,13-14H2,1H3,(H,22,25). The van der Waals surface area contributed by atoms with Crippen molar-refractivity contribution in [2.24, 2.45) is 0 Å². The molecule has 1 fully saturated rings. The summed E-state index contributed by atoms with van der Waals surface area (Å²) in [6, 6.07) is 10.7. The molecule has 1 aliphatic heterocycles. The van der Waals surface area contributed by atoms with Gasteiger partial charge in [0.2, 0.25) is 5.91 Å². The zero-order chi connectivity index (χ0) is 19.9. The van der Waals surface area contributed by atoms with E-state index in [1.165, 1.54) is 9.80 Å². The number of nitrogens with one attached hydrogen (secondary N) is 1. The van der Waals surface area contributed by atoms with Crippen LogP contribution >= 0.6 is 0 Å². The van der Waals surface area contributed by atoms with Crippen LogP contribution in [0.15, 0.2) is 48.8 Å². The number of benzene rings is 1. The molecule has 2 heterocycles. The van der Waals surface area contributed by atoms with Crippen molar-refractivity contribution >= 4 is 23.4 Å². The van der Waals surface area contributed by atoms with E-state index in [0.717, 1.165) is 5.56 Å². The van der Waals surface area contributed by atoms with Gasteiger partial charge in [-0.3, -0.25) is 19.4 Å². The number of rotatable bonds is 7. The Morgan fingerprint density at radius 2 is 1.93 bits per heavy atom. The third-order valence-corrected chi connectivity index (χ3v) is 4.36. The summed E-state index contributed by atoms with van der Waals surface area (Å²) in [5, 5.41) is 2.74. The van der Waals surface area contributed by atoms with Gasteiger partial charge in [-0.1, -0.05) is 12.1 Å². The topological polar surface area (TPSA) is 91.8 Å². The highest BCUT2D eigenvalue weighted by molar-refractivity contribution is 6.35. The van der Waals surface area contributed by atoms with Gasteiger partial charge >= 0.3 is 11.8 Å². The lowest BCUT2D eigenvalue weighted by molar-refractivity contribution is -0.156. The minimum Gasteiger partial charge on any atom is -0.489 e. The first-order valence-corrected chi connectivity index (χ1v) is 9.06. The number of aromatic nitrogens is 1. The lowest BCUT2D eigenvalue weighted by atomic mass is 10.2. The number of hydrogen-bond donors (Lipinski definition) is 1. The third-order valence-electron chi connectivity index (χ3n) is 4.36. The Hall–Kier alpha value is -3.42. The Labute approximate surface area is 163 Å². The Morgan fingerprint density at radius 1 is 1.14 bits per heavy atom. The predicted molar refractivity (Wildman–Crippen MR) is 102 cm³/mol. The molecule has 8 heteroatoms. The number of pyridine rings is 1. The number of hydrogen-bond acceptors (Lipinski definition) is 5. The first-order valence-electron chi connectivity index (χ1n) is 9.06. The summed E-state index contributed by atoms with van der Waals surface area (Å²) < 4.78 is 5.71. The Morgan fingerprint density at radius 3 is 2.68 bits per heavy atom. The fourth-order valence-electron chi connectivity index (χ4n) is 2.86. The lowest BCUT2D eigenvalue weighted by Gasteiger charge is -2.32. The van der Waals surface area contributed by atoms with Gasteiger partial charge in [-0.2, -0.15) is 0 Å². The molecule has 0 saturated carbocycles. The Kier molecular flexibility index (Phi) is 6.21.